The van der Waals surface area contributed by atoms with Crippen LogP contribution in [-0.4, -0.2) is 72.3 Å². The summed E-state index contributed by atoms with van der Waals surface area (Å²) in [6, 6.07) is -0.224. The van der Waals surface area contributed by atoms with Crippen LogP contribution >= 0.6 is 11.8 Å². The van der Waals surface area contributed by atoms with E-state index >= 15 is 0 Å². The zero-order valence-electron chi connectivity index (χ0n) is 11.6. The van der Waals surface area contributed by atoms with Crippen molar-refractivity contribution in [2.45, 2.75) is 25.8 Å². The van der Waals surface area contributed by atoms with Gasteiger partial charge in [-0.05, 0) is 12.8 Å². The van der Waals surface area contributed by atoms with Crippen LogP contribution in [0.1, 0.15) is 19.8 Å². The van der Waals surface area contributed by atoms with Crippen molar-refractivity contribution in [1.82, 2.24) is 9.80 Å². The van der Waals surface area contributed by atoms with Crippen molar-refractivity contribution < 1.29 is 18.0 Å². The van der Waals surface area contributed by atoms with E-state index in [1.165, 1.54) is 11.8 Å². The lowest BCUT2D eigenvalue weighted by atomic mass is 10.2. The van der Waals surface area contributed by atoms with E-state index in [-0.39, 0.29) is 35.9 Å². The maximum absolute atomic E-state index is 12.4. The molecule has 0 aromatic carbocycles. The molecule has 2 amide bonds. The summed E-state index contributed by atoms with van der Waals surface area (Å²) in [7, 11) is -3.01. The fourth-order valence-corrected chi connectivity index (χ4v) is 5.20. The van der Waals surface area contributed by atoms with Crippen LogP contribution in [0.25, 0.3) is 0 Å². The minimum Gasteiger partial charge on any atom is -0.337 e. The van der Waals surface area contributed by atoms with E-state index in [1.807, 2.05) is 6.92 Å². The minimum atomic E-state index is -3.01. The van der Waals surface area contributed by atoms with Gasteiger partial charge in [-0.3, -0.25) is 9.59 Å². The highest BCUT2D eigenvalue weighted by Crippen LogP contribution is 2.20. The van der Waals surface area contributed by atoms with E-state index in [4.69, 9.17) is 0 Å². The van der Waals surface area contributed by atoms with Crippen LogP contribution < -0.4 is 0 Å². The van der Waals surface area contributed by atoms with Gasteiger partial charge in [-0.15, -0.1) is 11.8 Å². The lowest BCUT2D eigenvalue weighted by molar-refractivity contribution is -0.139. The average Bonchev–Trinajstić information content (AvgIpc) is 2.93. The standard InChI is InChI=1S/C12H20N2O4S2/c1-2-4-14(10-3-5-20(17,18)8-10)11(15)6-13-9-19-7-12(13)16/h10H,2-9H2,1H3. The summed E-state index contributed by atoms with van der Waals surface area (Å²) in [5.74, 6) is 1.04. The van der Waals surface area contributed by atoms with Crippen LogP contribution in [0.4, 0.5) is 0 Å². The van der Waals surface area contributed by atoms with Gasteiger partial charge in [0.1, 0.15) is 6.54 Å². The molecule has 0 aromatic rings. The summed E-state index contributed by atoms with van der Waals surface area (Å²) in [4.78, 5) is 27.1. The molecule has 0 spiro atoms. The Morgan fingerprint density at radius 1 is 1.50 bits per heavy atom. The summed E-state index contributed by atoms with van der Waals surface area (Å²) >= 11 is 1.50. The number of carbonyl (C=O) groups is 2. The Morgan fingerprint density at radius 2 is 2.25 bits per heavy atom. The van der Waals surface area contributed by atoms with E-state index < -0.39 is 9.84 Å². The molecule has 1 unspecified atom stereocenters. The van der Waals surface area contributed by atoms with Crippen molar-refractivity contribution in [1.29, 1.82) is 0 Å². The number of thioether (sulfide) groups is 1. The average molecular weight is 320 g/mol. The van der Waals surface area contributed by atoms with Gasteiger partial charge in [0, 0.05) is 12.6 Å². The highest BCUT2D eigenvalue weighted by atomic mass is 32.2. The first-order valence-electron chi connectivity index (χ1n) is 6.78. The van der Waals surface area contributed by atoms with Crippen molar-refractivity contribution in [3.05, 3.63) is 0 Å². The van der Waals surface area contributed by atoms with Crippen LogP contribution in [0.3, 0.4) is 0 Å². The molecule has 2 rings (SSSR count). The molecular weight excluding hydrogens is 300 g/mol. The van der Waals surface area contributed by atoms with E-state index in [2.05, 4.69) is 0 Å². The van der Waals surface area contributed by atoms with Crippen molar-refractivity contribution in [3.63, 3.8) is 0 Å². The third-order valence-corrected chi connectivity index (χ3v) is 6.28. The van der Waals surface area contributed by atoms with Crippen molar-refractivity contribution >= 4 is 33.4 Å². The molecule has 2 aliphatic heterocycles. The van der Waals surface area contributed by atoms with E-state index in [0.29, 0.717) is 24.6 Å². The summed E-state index contributed by atoms with van der Waals surface area (Å²) in [5, 5.41) is 0. The Morgan fingerprint density at radius 3 is 2.75 bits per heavy atom. The molecule has 1 atom stereocenters. The Labute approximate surface area is 123 Å². The fourth-order valence-electron chi connectivity index (χ4n) is 2.57. The lowest BCUT2D eigenvalue weighted by Gasteiger charge is -2.29. The molecule has 0 aliphatic carbocycles. The Balaban J connectivity index is 2.00. The molecule has 0 aromatic heterocycles. The van der Waals surface area contributed by atoms with Gasteiger partial charge in [-0.2, -0.15) is 0 Å². The first kappa shape index (κ1) is 15.6. The topological polar surface area (TPSA) is 74.8 Å². The second-order valence-corrected chi connectivity index (χ2v) is 8.40. The molecule has 0 N–H and O–H groups in total. The minimum absolute atomic E-state index is 0.0150. The molecule has 0 saturated carbocycles. The molecule has 6 nitrogen and oxygen atoms in total. The lowest BCUT2D eigenvalue weighted by Crippen LogP contribution is -2.47. The van der Waals surface area contributed by atoms with Gasteiger partial charge in [0.25, 0.3) is 0 Å². The van der Waals surface area contributed by atoms with Crippen LogP contribution in [0.5, 0.6) is 0 Å². The number of hydrogen-bond acceptors (Lipinski definition) is 5. The largest absolute Gasteiger partial charge is 0.337 e. The molecule has 2 saturated heterocycles. The van der Waals surface area contributed by atoms with E-state index in [1.54, 1.807) is 9.80 Å². The molecule has 8 heteroatoms. The molecule has 2 aliphatic rings. The monoisotopic (exact) mass is 320 g/mol. The summed E-state index contributed by atoms with van der Waals surface area (Å²) in [5.41, 5.74) is 0. The Hall–Kier alpha value is -0.760. The highest BCUT2D eigenvalue weighted by molar-refractivity contribution is 8.00. The second kappa shape index (κ2) is 6.34. The summed E-state index contributed by atoms with van der Waals surface area (Å²) in [6.45, 7) is 2.58. The number of nitrogens with zero attached hydrogens (tertiary/aromatic N) is 2. The molecule has 2 heterocycles. The van der Waals surface area contributed by atoms with Crippen molar-refractivity contribution in [3.8, 4) is 0 Å². The van der Waals surface area contributed by atoms with Gasteiger partial charge in [0.15, 0.2) is 9.84 Å². The van der Waals surface area contributed by atoms with Crippen LogP contribution in [-0.2, 0) is 19.4 Å². The predicted octanol–water partition coefficient (Wildman–Crippen LogP) is -0.0550. The molecule has 0 bridgehead atoms. The fraction of sp³-hybridized carbons (Fsp3) is 0.833. The van der Waals surface area contributed by atoms with Gasteiger partial charge in [0.2, 0.25) is 11.8 Å². The maximum Gasteiger partial charge on any atom is 0.242 e. The number of rotatable bonds is 5. The molecule has 20 heavy (non-hydrogen) atoms. The summed E-state index contributed by atoms with van der Waals surface area (Å²) in [6.07, 6.45) is 1.29. The van der Waals surface area contributed by atoms with Gasteiger partial charge < -0.3 is 9.80 Å². The summed E-state index contributed by atoms with van der Waals surface area (Å²) < 4.78 is 23.1. The molecule has 2 fully saturated rings. The SMILES string of the molecule is CCCN(C(=O)CN1CSCC1=O)C1CCS(=O)(=O)C1. The van der Waals surface area contributed by atoms with Gasteiger partial charge >= 0.3 is 0 Å². The number of hydrogen-bond donors (Lipinski definition) is 0. The van der Waals surface area contributed by atoms with E-state index in [0.717, 1.165) is 6.42 Å². The number of sulfone groups is 1. The van der Waals surface area contributed by atoms with Crippen molar-refractivity contribution in [2.24, 2.45) is 0 Å². The first-order chi connectivity index (χ1) is 9.43. The van der Waals surface area contributed by atoms with Gasteiger partial charge in [0.05, 0.1) is 23.1 Å². The molecular formula is C12H20N2O4S2. The van der Waals surface area contributed by atoms with Gasteiger partial charge in [-0.25, -0.2) is 8.42 Å². The predicted molar refractivity (Wildman–Crippen MR) is 78.1 cm³/mol. The smallest absolute Gasteiger partial charge is 0.242 e. The number of carbonyl (C=O) groups excluding carboxylic acids is 2. The highest BCUT2D eigenvalue weighted by Gasteiger charge is 2.35. The van der Waals surface area contributed by atoms with Crippen molar-refractivity contribution in [2.75, 3.05) is 36.2 Å². The third kappa shape index (κ3) is 3.66. The van der Waals surface area contributed by atoms with Crippen LogP contribution in [0, 0.1) is 0 Å². The first-order valence-corrected chi connectivity index (χ1v) is 9.76. The Bertz CT molecular complexity index is 492. The molecule has 0 radical (unpaired) electrons. The van der Waals surface area contributed by atoms with E-state index in [9.17, 15) is 18.0 Å². The van der Waals surface area contributed by atoms with Gasteiger partial charge in [-0.1, -0.05) is 6.92 Å². The zero-order valence-corrected chi connectivity index (χ0v) is 13.2. The van der Waals surface area contributed by atoms with Crippen LogP contribution in [0.2, 0.25) is 0 Å². The van der Waals surface area contributed by atoms with Crippen LogP contribution in [0.15, 0.2) is 0 Å². The maximum atomic E-state index is 12.4. The normalized spacial score (nSPS) is 25.1. The molecule has 114 valence electrons. The number of amides is 2. The third-order valence-electron chi connectivity index (χ3n) is 3.59. The quantitative estimate of drug-likeness (QED) is 0.710. The zero-order chi connectivity index (χ0) is 14.8. The second-order valence-electron chi connectivity index (χ2n) is 5.21. The Kier molecular flexibility index (Phi) is 4.95.